The van der Waals surface area contributed by atoms with Gasteiger partial charge in [-0.15, -0.1) is 0 Å². The third kappa shape index (κ3) is 2.08. The Balaban J connectivity index is 1.41. The Hall–Kier alpha value is -2.54. The number of halogens is 1. The Morgan fingerprint density at radius 1 is 1.08 bits per heavy atom. The monoisotopic (exact) mass is 341 g/mol. The molecule has 5 rings (SSSR count). The summed E-state index contributed by atoms with van der Waals surface area (Å²) in [6, 6.07) is 8.09. The smallest absolute Gasteiger partial charge is 0.241 e. The molecule has 0 radical (unpaired) electrons. The van der Waals surface area contributed by atoms with Crippen LogP contribution in [0.2, 0.25) is 0 Å². The quantitative estimate of drug-likeness (QED) is 0.798. The van der Waals surface area contributed by atoms with E-state index in [4.69, 9.17) is 4.74 Å². The number of anilines is 1. The number of benzene rings is 1. The van der Waals surface area contributed by atoms with Crippen LogP contribution >= 0.6 is 0 Å². The molecule has 25 heavy (non-hydrogen) atoms. The first kappa shape index (κ1) is 14.8. The molecule has 3 saturated heterocycles. The van der Waals surface area contributed by atoms with Crippen molar-refractivity contribution in [1.82, 2.24) is 9.78 Å². The largest absolute Gasteiger partial charge is 0.373 e. The van der Waals surface area contributed by atoms with Crippen LogP contribution in [0.5, 0.6) is 0 Å². The number of rotatable bonds is 3. The van der Waals surface area contributed by atoms with Crippen LogP contribution in [0.15, 0.2) is 36.5 Å². The van der Waals surface area contributed by atoms with Gasteiger partial charge >= 0.3 is 0 Å². The van der Waals surface area contributed by atoms with Gasteiger partial charge in [-0.3, -0.25) is 14.3 Å². The maximum absolute atomic E-state index is 13.8. The molecular formula is C18H16FN3O3. The van der Waals surface area contributed by atoms with Gasteiger partial charge in [0.05, 0.1) is 30.6 Å². The van der Waals surface area contributed by atoms with Crippen LogP contribution in [0.3, 0.4) is 0 Å². The van der Waals surface area contributed by atoms with Crippen molar-refractivity contribution in [2.24, 2.45) is 11.8 Å². The Labute approximate surface area is 143 Å². The Kier molecular flexibility index (Phi) is 3.09. The summed E-state index contributed by atoms with van der Waals surface area (Å²) in [5.41, 5.74) is 0.500. The lowest BCUT2D eigenvalue weighted by Gasteiger charge is -2.15. The predicted octanol–water partition coefficient (Wildman–Crippen LogP) is 1.74. The summed E-state index contributed by atoms with van der Waals surface area (Å²) in [5, 5.41) is 4.32. The van der Waals surface area contributed by atoms with Gasteiger partial charge in [-0.1, -0.05) is 18.2 Å². The highest BCUT2D eigenvalue weighted by atomic mass is 19.1. The molecule has 0 unspecified atom stereocenters. The first-order valence-corrected chi connectivity index (χ1v) is 8.43. The second-order valence-corrected chi connectivity index (χ2v) is 6.82. The first-order valence-electron chi connectivity index (χ1n) is 8.43. The second kappa shape index (κ2) is 5.23. The zero-order valence-corrected chi connectivity index (χ0v) is 13.3. The standard InChI is InChI=1S/C18H16FN3O3/c19-11-4-2-1-3-10(11)9-21-8-7-14(20-21)22-17(23)15-12-5-6-13(25-12)16(15)18(22)24/h1-4,7-8,12-13,15-16H,5-6,9H2/t12-,13-,15-,16+/m0/s1. The van der Waals surface area contributed by atoms with E-state index in [1.165, 1.54) is 15.6 Å². The molecule has 3 fully saturated rings. The molecule has 4 heterocycles. The Morgan fingerprint density at radius 3 is 2.44 bits per heavy atom. The van der Waals surface area contributed by atoms with Crippen molar-refractivity contribution >= 4 is 17.6 Å². The van der Waals surface area contributed by atoms with Crippen molar-refractivity contribution in [3.8, 4) is 0 Å². The fourth-order valence-corrected chi connectivity index (χ4v) is 4.30. The SMILES string of the molecule is O=C1[C@@H]2[C@H](C(=O)N1c1ccn(Cc3ccccc3F)n1)[C@@H]1CC[C@@H]2O1. The number of amides is 2. The van der Waals surface area contributed by atoms with E-state index in [0.29, 0.717) is 11.4 Å². The van der Waals surface area contributed by atoms with E-state index in [2.05, 4.69) is 5.10 Å². The van der Waals surface area contributed by atoms with Gasteiger partial charge in [0, 0.05) is 17.8 Å². The van der Waals surface area contributed by atoms with Crippen LogP contribution in [0.4, 0.5) is 10.2 Å². The Morgan fingerprint density at radius 2 is 1.76 bits per heavy atom. The molecule has 2 amide bonds. The van der Waals surface area contributed by atoms with Crippen LogP contribution in [0.25, 0.3) is 0 Å². The van der Waals surface area contributed by atoms with E-state index in [1.54, 1.807) is 30.5 Å². The van der Waals surface area contributed by atoms with Gasteiger partial charge in [-0.25, -0.2) is 9.29 Å². The number of aromatic nitrogens is 2. The zero-order valence-electron chi connectivity index (χ0n) is 13.3. The minimum absolute atomic E-state index is 0.142. The van der Waals surface area contributed by atoms with E-state index >= 15 is 0 Å². The van der Waals surface area contributed by atoms with Crippen LogP contribution < -0.4 is 4.90 Å². The van der Waals surface area contributed by atoms with Crippen molar-refractivity contribution in [2.75, 3.05) is 4.90 Å². The van der Waals surface area contributed by atoms with E-state index in [1.807, 2.05) is 0 Å². The molecule has 6 nitrogen and oxygen atoms in total. The number of hydrogen-bond acceptors (Lipinski definition) is 4. The second-order valence-electron chi connectivity index (χ2n) is 6.82. The van der Waals surface area contributed by atoms with Crippen molar-refractivity contribution in [3.63, 3.8) is 0 Å². The van der Waals surface area contributed by atoms with Gasteiger partial charge < -0.3 is 4.74 Å². The Bertz CT molecular complexity index is 852. The lowest BCUT2D eigenvalue weighted by Crippen LogP contribution is -2.34. The summed E-state index contributed by atoms with van der Waals surface area (Å²) in [7, 11) is 0. The van der Waals surface area contributed by atoms with E-state index < -0.39 is 0 Å². The number of carbonyl (C=O) groups is 2. The third-order valence-electron chi connectivity index (χ3n) is 5.43. The van der Waals surface area contributed by atoms with Crippen LogP contribution in [-0.2, 0) is 20.9 Å². The normalized spacial score (nSPS) is 30.4. The molecule has 7 heteroatoms. The van der Waals surface area contributed by atoms with Crippen molar-refractivity contribution in [2.45, 2.75) is 31.6 Å². The van der Waals surface area contributed by atoms with Crippen molar-refractivity contribution in [1.29, 1.82) is 0 Å². The molecule has 128 valence electrons. The van der Waals surface area contributed by atoms with Gasteiger partial charge in [-0.05, 0) is 18.9 Å². The van der Waals surface area contributed by atoms with E-state index in [0.717, 1.165) is 12.8 Å². The fourth-order valence-electron chi connectivity index (χ4n) is 4.30. The molecule has 3 aliphatic heterocycles. The van der Waals surface area contributed by atoms with Gasteiger partial charge in [0.1, 0.15) is 5.82 Å². The number of fused-ring (bicyclic) bond motifs is 5. The molecular weight excluding hydrogens is 325 g/mol. The highest BCUT2D eigenvalue weighted by Gasteiger charge is 2.63. The molecule has 0 N–H and O–H groups in total. The summed E-state index contributed by atoms with van der Waals surface area (Å²) < 4.78 is 21.0. The van der Waals surface area contributed by atoms with Crippen molar-refractivity contribution < 1.29 is 18.7 Å². The highest BCUT2D eigenvalue weighted by molar-refractivity contribution is 6.22. The summed E-state index contributed by atoms with van der Waals surface area (Å²) in [4.78, 5) is 26.6. The maximum Gasteiger partial charge on any atom is 0.241 e. The predicted molar refractivity (Wildman–Crippen MR) is 85.1 cm³/mol. The van der Waals surface area contributed by atoms with E-state index in [-0.39, 0.29) is 48.2 Å². The maximum atomic E-state index is 13.8. The summed E-state index contributed by atoms with van der Waals surface area (Å²) in [6.45, 7) is 0.240. The molecule has 1 aromatic carbocycles. The molecule has 3 aliphatic rings. The highest BCUT2D eigenvalue weighted by Crippen LogP contribution is 2.49. The molecule has 4 atom stereocenters. The van der Waals surface area contributed by atoms with Gasteiger partial charge in [0.15, 0.2) is 5.82 Å². The first-order chi connectivity index (χ1) is 12.1. The molecule has 2 bridgehead atoms. The zero-order chi connectivity index (χ0) is 17.1. The van der Waals surface area contributed by atoms with Crippen LogP contribution in [0.1, 0.15) is 18.4 Å². The van der Waals surface area contributed by atoms with E-state index in [9.17, 15) is 14.0 Å². The molecule has 0 spiro atoms. The average molecular weight is 341 g/mol. The van der Waals surface area contributed by atoms with Crippen molar-refractivity contribution in [3.05, 3.63) is 47.9 Å². The fraction of sp³-hybridized carbons (Fsp3) is 0.389. The number of carbonyl (C=O) groups excluding carboxylic acids is 2. The lowest BCUT2D eigenvalue weighted by molar-refractivity contribution is -0.124. The van der Waals surface area contributed by atoms with Gasteiger partial charge in [-0.2, -0.15) is 5.10 Å². The summed E-state index contributed by atoms with van der Waals surface area (Å²) in [6.07, 6.45) is 3.04. The number of imide groups is 1. The number of nitrogens with zero attached hydrogens (tertiary/aromatic N) is 3. The molecule has 1 aromatic heterocycles. The van der Waals surface area contributed by atoms with Crippen LogP contribution in [0, 0.1) is 17.7 Å². The lowest BCUT2D eigenvalue weighted by atomic mass is 9.81. The summed E-state index contributed by atoms with van der Waals surface area (Å²) >= 11 is 0. The summed E-state index contributed by atoms with van der Waals surface area (Å²) in [5.74, 6) is -1.20. The molecule has 2 aromatic rings. The number of hydrogen-bond donors (Lipinski definition) is 0. The minimum Gasteiger partial charge on any atom is -0.373 e. The minimum atomic E-state index is -0.372. The molecule has 0 saturated carbocycles. The molecule has 0 aliphatic carbocycles. The third-order valence-corrected chi connectivity index (χ3v) is 5.43. The van der Waals surface area contributed by atoms with Gasteiger partial charge in [0.25, 0.3) is 0 Å². The number of ether oxygens (including phenoxy) is 1. The van der Waals surface area contributed by atoms with Crippen LogP contribution in [-0.4, -0.2) is 33.8 Å². The topological polar surface area (TPSA) is 64.4 Å². The van der Waals surface area contributed by atoms with Gasteiger partial charge in [0.2, 0.25) is 11.8 Å². The average Bonchev–Trinajstić information content (AvgIpc) is 3.35.